The molecule has 0 radical (unpaired) electrons. The molecule has 4 aromatic rings. The smallest absolute Gasteiger partial charge is 0.378 e. The normalized spacial score (nSPS) is 17.6. The van der Waals surface area contributed by atoms with Gasteiger partial charge in [-0.15, -0.1) is 0 Å². The number of hydrogen-bond donors (Lipinski definition) is 2. The van der Waals surface area contributed by atoms with Crippen molar-refractivity contribution in [2.75, 3.05) is 38.3 Å². The van der Waals surface area contributed by atoms with Gasteiger partial charge in [-0.1, -0.05) is 55.1 Å². The van der Waals surface area contributed by atoms with Crippen LogP contribution in [-0.2, 0) is 27.0 Å². The molecule has 260 valence electrons. The van der Waals surface area contributed by atoms with Gasteiger partial charge in [-0.05, 0) is 55.4 Å². The van der Waals surface area contributed by atoms with E-state index in [9.17, 15) is 27.6 Å². The van der Waals surface area contributed by atoms with Gasteiger partial charge in [-0.2, -0.15) is 18.3 Å². The first-order valence-corrected chi connectivity index (χ1v) is 16.2. The summed E-state index contributed by atoms with van der Waals surface area (Å²) in [6.07, 6.45) is -3.00. The van der Waals surface area contributed by atoms with E-state index in [0.29, 0.717) is 42.3 Å². The van der Waals surface area contributed by atoms with E-state index in [1.807, 2.05) is 60.5 Å². The van der Waals surface area contributed by atoms with Crippen molar-refractivity contribution in [3.63, 3.8) is 0 Å². The van der Waals surface area contributed by atoms with Gasteiger partial charge in [0, 0.05) is 42.3 Å². The second kappa shape index (κ2) is 14.3. The van der Waals surface area contributed by atoms with E-state index >= 15 is 0 Å². The molecule has 0 bridgehead atoms. The lowest BCUT2D eigenvalue weighted by atomic mass is 9.81. The van der Waals surface area contributed by atoms with Crippen LogP contribution in [0.25, 0.3) is 5.69 Å². The molecular formula is C37H37F3N6O4. The number of anilines is 1. The summed E-state index contributed by atoms with van der Waals surface area (Å²) < 4.78 is 47.4. The van der Waals surface area contributed by atoms with Crippen molar-refractivity contribution in [2.45, 2.75) is 37.6 Å². The average molecular weight is 687 g/mol. The van der Waals surface area contributed by atoms with Crippen LogP contribution in [0.1, 0.15) is 45.5 Å². The van der Waals surface area contributed by atoms with Crippen molar-refractivity contribution in [3.05, 3.63) is 125 Å². The van der Waals surface area contributed by atoms with Gasteiger partial charge >= 0.3 is 6.18 Å². The summed E-state index contributed by atoms with van der Waals surface area (Å²) >= 11 is 0. The Balaban J connectivity index is 1.33. The summed E-state index contributed by atoms with van der Waals surface area (Å²) in [4.78, 5) is 44.4. The number of hydrogen-bond acceptors (Lipinski definition) is 6. The summed E-state index contributed by atoms with van der Waals surface area (Å²) in [5.74, 6) is -1.81. The maximum absolute atomic E-state index is 14.3. The molecule has 3 heterocycles. The highest BCUT2D eigenvalue weighted by atomic mass is 19.4. The highest BCUT2D eigenvalue weighted by molar-refractivity contribution is 6.05. The SMILES string of the molecule is C=C(CN(C)C1COC1)C(=O)NCc1cccc([C@H]2c3cnn(-c4ccccc4)c3N(CC)C(=O)[C@@H]2NC(=O)c2cccc(C(F)(F)F)c2)c1. The molecule has 2 N–H and O–H groups in total. The van der Waals surface area contributed by atoms with E-state index < -0.39 is 35.5 Å². The van der Waals surface area contributed by atoms with Crippen molar-refractivity contribution in [3.8, 4) is 5.69 Å². The van der Waals surface area contributed by atoms with Crippen LogP contribution >= 0.6 is 0 Å². The van der Waals surface area contributed by atoms with Gasteiger partial charge in [-0.3, -0.25) is 24.2 Å². The van der Waals surface area contributed by atoms with Crippen LogP contribution in [0.5, 0.6) is 0 Å². The zero-order chi connectivity index (χ0) is 35.6. The number of likely N-dealkylation sites (N-methyl/N-ethyl adjacent to an activating group) is 2. The Morgan fingerprint density at radius 2 is 1.78 bits per heavy atom. The Kier molecular flexibility index (Phi) is 9.89. The van der Waals surface area contributed by atoms with Gasteiger partial charge in [-0.25, -0.2) is 4.68 Å². The molecule has 0 spiro atoms. The number of nitrogens with zero attached hydrogens (tertiary/aromatic N) is 4. The number of rotatable bonds is 11. The Labute approximate surface area is 287 Å². The zero-order valence-corrected chi connectivity index (χ0v) is 27.6. The molecule has 3 aromatic carbocycles. The van der Waals surface area contributed by atoms with Crippen molar-refractivity contribution < 1.29 is 32.3 Å². The molecule has 6 rings (SSSR count). The van der Waals surface area contributed by atoms with Crippen LogP contribution in [0.2, 0.25) is 0 Å². The molecule has 50 heavy (non-hydrogen) atoms. The lowest BCUT2D eigenvalue weighted by Crippen LogP contribution is -2.55. The molecule has 0 unspecified atom stereocenters. The predicted molar refractivity (Wildman–Crippen MR) is 181 cm³/mol. The number of fused-ring (bicyclic) bond motifs is 1. The number of halogens is 3. The first-order chi connectivity index (χ1) is 24.0. The predicted octanol–water partition coefficient (Wildman–Crippen LogP) is 4.69. The van der Waals surface area contributed by atoms with E-state index in [2.05, 4.69) is 22.3 Å². The highest BCUT2D eigenvalue weighted by Crippen LogP contribution is 2.42. The van der Waals surface area contributed by atoms with Crippen molar-refractivity contribution in [1.29, 1.82) is 0 Å². The lowest BCUT2D eigenvalue weighted by Gasteiger charge is -2.38. The van der Waals surface area contributed by atoms with Gasteiger partial charge < -0.3 is 15.4 Å². The van der Waals surface area contributed by atoms with E-state index in [1.54, 1.807) is 23.9 Å². The minimum absolute atomic E-state index is 0.168. The van der Waals surface area contributed by atoms with Gasteiger partial charge in [0.25, 0.3) is 11.8 Å². The number of para-hydroxylation sites is 1. The van der Waals surface area contributed by atoms with Gasteiger partial charge in [0.2, 0.25) is 5.91 Å². The summed E-state index contributed by atoms with van der Waals surface area (Å²) in [6, 6.07) is 19.7. The lowest BCUT2D eigenvalue weighted by molar-refractivity contribution is -0.137. The van der Waals surface area contributed by atoms with E-state index in [1.165, 1.54) is 11.0 Å². The molecule has 2 aliphatic rings. The molecule has 1 saturated heterocycles. The minimum Gasteiger partial charge on any atom is -0.378 e. The fraction of sp³-hybridized carbons (Fsp3) is 0.297. The summed E-state index contributed by atoms with van der Waals surface area (Å²) in [7, 11) is 1.91. The average Bonchev–Trinajstić information content (AvgIpc) is 3.51. The van der Waals surface area contributed by atoms with Crippen LogP contribution < -0.4 is 15.5 Å². The second-order valence-corrected chi connectivity index (χ2v) is 12.4. The third kappa shape index (κ3) is 7.05. The van der Waals surface area contributed by atoms with Gasteiger partial charge in [0.15, 0.2) is 0 Å². The summed E-state index contributed by atoms with van der Waals surface area (Å²) in [5, 5.41) is 10.3. The molecule has 1 aromatic heterocycles. The van der Waals surface area contributed by atoms with Crippen LogP contribution in [-0.4, -0.2) is 77.8 Å². The minimum atomic E-state index is -4.65. The summed E-state index contributed by atoms with van der Waals surface area (Å²) in [5.41, 5.74) is 1.94. The number of ether oxygens (including phenoxy) is 1. The van der Waals surface area contributed by atoms with Gasteiger partial charge in [0.05, 0.1) is 36.7 Å². The van der Waals surface area contributed by atoms with E-state index in [0.717, 1.165) is 29.4 Å². The van der Waals surface area contributed by atoms with Crippen molar-refractivity contribution in [2.24, 2.45) is 0 Å². The molecule has 10 nitrogen and oxygen atoms in total. The molecule has 2 aliphatic heterocycles. The third-order valence-corrected chi connectivity index (χ3v) is 9.05. The molecular weight excluding hydrogens is 649 g/mol. The largest absolute Gasteiger partial charge is 0.416 e. The van der Waals surface area contributed by atoms with Crippen LogP contribution in [0, 0.1) is 0 Å². The zero-order valence-electron chi connectivity index (χ0n) is 27.6. The standard InChI is InChI=1S/C37H37F3N6O4/c1-4-45-35-30(19-42-46(35)28-14-6-5-7-15-28)31(32(36(45)49)43-34(48)26-12-9-13-27(17-26)37(38,39)40)25-11-8-10-24(16-25)18-41-33(47)23(2)20-44(3)29-21-50-22-29/h5-17,19,29,31-32H,2,4,18,20-22H2,1,3H3,(H,41,47)(H,43,48)/t31-,32+/m0/s1. The van der Waals surface area contributed by atoms with Crippen molar-refractivity contribution in [1.82, 2.24) is 25.3 Å². The molecule has 3 amide bonds. The van der Waals surface area contributed by atoms with Crippen molar-refractivity contribution >= 4 is 23.5 Å². The number of amides is 3. The Morgan fingerprint density at radius 3 is 2.46 bits per heavy atom. The second-order valence-electron chi connectivity index (χ2n) is 12.4. The fourth-order valence-electron chi connectivity index (χ4n) is 6.26. The number of aromatic nitrogens is 2. The van der Waals surface area contributed by atoms with E-state index in [4.69, 9.17) is 4.74 Å². The quantitative estimate of drug-likeness (QED) is 0.222. The van der Waals surface area contributed by atoms with Gasteiger partial charge in [0.1, 0.15) is 11.9 Å². The Hall–Kier alpha value is -5.27. The third-order valence-electron chi connectivity index (χ3n) is 9.05. The summed E-state index contributed by atoms with van der Waals surface area (Å²) in [6.45, 7) is 7.77. The number of nitrogens with one attached hydrogen (secondary N) is 2. The maximum Gasteiger partial charge on any atom is 0.416 e. The molecule has 13 heteroatoms. The Bertz CT molecular complexity index is 1910. The molecule has 2 atom stereocenters. The highest BCUT2D eigenvalue weighted by Gasteiger charge is 2.44. The monoisotopic (exact) mass is 686 g/mol. The number of carbonyl (C=O) groups excluding carboxylic acids is 3. The van der Waals surface area contributed by atoms with Crippen LogP contribution in [0.4, 0.5) is 19.0 Å². The van der Waals surface area contributed by atoms with Crippen LogP contribution in [0.15, 0.2) is 97.2 Å². The molecule has 0 aliphatic carbocycles. The molecule has 1 fully saturated rings. The first-order valence-electron chi connectivity index (χ1n) is 16.2. The maximum atomic E-state index is 14.3. The fourth-order valence-corrected chi connectivity index (χ4v) is 6.26. The number of benzene rings is 3. The first kappa shape index (κ1) is 34.6. The van der Waals surface area contributed by atoms with Crippen LogP contribution in [0.3, 0.4) is 0 Å². The van der Waals surface area contributed by atoms with E-state index in [-0.39, 0.29) is 30.6 Å². The number of alkyl halides is 3. The topological polar surface area (TPSA) is 109 Å². The Morgan fingerprint density at radius 1 is 1.04 bits per heavy atom. The molecule has 0 saturated carbocycles. The number of carbonyl (C=O) groups is 3.